The third-order valence-electron chi connectivity index (χ3n) is 5.51. The van der Waals surface area contributed by atoms with Crippen LogP contribution in [0, 0.1) is 0 Å². The van der Waals surface area contributed by atoms with Gasteiger partial charge in [-0.05, 0) is 12.8 Å². The van der Waals surface area contributed by atoms with Crippen molar-refractivity contribution in [1.82, 2.24) is 4.98 Å². The molecule has 0 amide bonds. The number of anilines is 1. The molecule has 0 atom stereocenters. The van der Waals surface area contributed by atoms with E-state index in [1.54, 1.807) is 0 Å². The monoisotopic (exact) mass is 610 g/mol. The molecule has 0 spiro atoms. The van der Waals surface area contributed by atoms with E-state index in [-0.39, 0.29) is 34.6 Å². The third-order valence-corrected chi connectivity index (χ3v) is 8.24. The molecule has 5 nitrogen and oxygen atoms in total. The maximum atomic E-state index is 13.6. The van der Waals surface area contributed by atoms with E-state index in [9.17, 15) is 4.57 Å². The van der Waals surface area contributed by atoms with Crippen LogP contribution in [0.15, 0.2) is 6.20 Å². The average Bonchev–Trinajstić information content (AvgIpc) is 2.79. The molecule has 0 saturated carbocycles. The second kappa shape index (κ2) is 18.7. The van der Waals surface area contributed by atoms with Crippen molar-refractivity contribution in [2.45, 2.75) is 108 Å². The summed E-state index contributed by atoms with van der Waals surface area (Å²) >= 11 is 30.6. The molecule has 0 radical (unpaired) electrons. The van der Waals surface area contributed by atoms with Gasteiger partial charge in [-0.2, -0.15) is 0 Å². The lowest BCUT2D eigenvalue weighted by Crippen LogP contribution is -2.11. The molecule has 1 aromatic rings. The highest BCUT2D eigenvalue weighted by Gasteiger charge is 2.33. The van der Waals surface area contributed by atoms with Gasteiger partial charge in [0.05, 0.1) is 28.9 Å². The van der Waals surface area contributed by atoms with Gasteiger partial charge in [0, 0.05) is 6.20 Å². The van der Waals surface area contributed by atoms with Crippen LogP contribution in [0.2, 0.25) is 10.0 Å². The van der Waals surface area contributed by atoms with Crippen molar-refractivity contribution in [2.75, 3.05) is 18.3 Å². The summed E-state index contributed by atoms with van der Waals surface area (Å²) in [6.07, 6.45) is 16.9. The normalized spacial score (nSPS) is 12.3. The molecular weight excluding hydrogens is 573 g/mol. The predicted octanol–water partition coefficient (Wildman–Crippen LogP) is 11.3. The molecular formula is C24H40Cl5N2O3P. The summed E-state index contributed by atoms with van der Waals surface area (Å²) < 4.78 is 23.2. The molecule has 0 saturated heterocycles. The Bertz CT molecular complexity index is 741. The zero-order valence-electron chi connectivity index (χ0n) is 20.9. The number of aromatic nitrogens is 1. The maximum Gasteiger partial charge on any atom is 0.432 e. The highest BCUT2D eigenvalue weighted by molar-refractivity contribution is 7.55. The van der Waals surface area contributed by atoms with Crippen LogP contribution in [0.5, 0.6) is 0 Å². The second-order valence-corrected chi connectivity index (χ2v) is 13.5. The number of hydrogen-bond acceptors (Lipinski definition) is 4. The van der Waals surface area contributed by atoms with Crippen molar-refractivity contribution >= 4 is 71.4 Å². The summed E-state index contributed by atoms with van der Waals surface area (Å²) in [6, 6.07) is 0. The molecule has 35 heavy (non-hydrogen) atoms. The van der Waals surface area contributed by atoms with Crippen LogP contribution in [0.1, 0.15) is 109 Å². The number of halogens is 5. The van der Waals surface area contributed by atoms with Crippen molar-refractivity contribution in [3.8, 4) is 0 Å². The van der Waals surface area contributed by atoms with E-state index in [0.717, 1.165) is 38.5 Å². The van der Waals surface area contributed by atoms with E-state index in [0.29, 0.717) is 0 Å². The van der Waals surface area contributed by atoms with Gasteiger partial charge in [-0.15, -0.1) is 0 Å². The Labute approximate surface area is 236 Å². The lowest BCUT2D eigenvalue weighted by molar-refractivity contribution is 0.201. The first kappa shape index (κ1) is 33.6. The molecule has 1 N–H and O–H groups in total. The molecule has 0 aliphatic carbocycles. The molecule has 0 aliphatic heterocycles. The van der Waals surface area contributed by atoms with E-state index in [2.05, 4.69) is 23.9 Å². The number of nitrogens with one attached hydrogen (secondary N) is 1. The zero-order valence-corrected chi connectivity index (χ0v) is 25.6. The van der Waals surface area contributed by atoms with Crippen LogP contribution in [-0.4, -0.2) is 18.2 Å². The van der Waals surface area contributed by atoms with Gasteiger partial charge in [0.25, 0.3) is 0 Å². The van der Waals surface area contributed by atoms with Crippen LogP contribution in [0.3, 0.4) is 0 Å². The Hall–Kier alpha value is 0.550. The van der Waals surface area contributed by atoms with Gasteiger partial charge in [0.15, 0.2) is 0 Å². The number of nitrogens with zero attached hydrogens (tertiary/aromatic N) is 1. The van der Waals surface area contributed by atoms with E-state index in [4.69, 9.17) is 67.1 Å². The van der Waals surface area contributed by atoms with Gasteiger partial charge in [-0.25, -0.2) is 4.57 Å². The quantitative estimate of drug-likeness (QED) is 0.0902. The molecule has 1 heterocycles. The highest BCUT2D eigenvalue weighted by Crippen LogP contribution is 2.53. The minimum Gasteiger partial charge on any atom is -0.292 e. The summed E-state index contributed by atoms with van der Waals surface area (Å²) in [5, 5.41) is 2.85. The first-order valence-corrected chi connectivity index (χ1v) is 16.2. The Morgan fingerprint density at radius 3 is 1.66 bits per heavy atom. The number of hydrogen-bond donors (Lipinski definition) is 1. The van der Waals surface area contributed by atoms with Crippen LogP contribution in [0.4, 0.5) is 5.69 Å². The van der Waals surface area contributed by atoms with Crippen LogP contribution < -0.4 is 5.09 Å². The molecule has 0 unspecified atom stereocenters. The molecule has 1 rings (SSSR count). The predicted molar refractivity (Wildman–Crippen MR) is 153 cm³/mol. The minimum atomic E-state index is -3.78. The summed E-state index contributed by atoms with van der Waals surface area (Å²) in [7, 11) is -3.78. The topological polar surface area (TPSA) is 60.5 Å². The molecule has 0 fully saturated rings. The smallest absolute Gasteiger partial charge is 0.292 e. The van der Waals surface area contributed by atoms with E-state index in [1.807, 2.05) is 0 Å². The van der Waals surface area contributed by atoms with Crippen LogP contribution in [0.25, 0.3) is 0 Å². The van der Waals surface area contributed by atoms with Crippen molar-refractivity contribution in [2.24, 2.45) is 0 Å². The van der Waals surface area contributed by atoms with E-state index < -0.39 is 11.5 Å². The first-order chi connectivity index (χ1) is 16.6. The molecule has 0 bridgehead atoms. The van der Waals surface area contributed by atoms with Crippen LogP contribution >= 0.6 is 65.8 Å². The molecule has 0 aromatic carbocycles. The molecule has 204 valence electrons. The number of rotatable bonds is 20. The third kappa shape index (κ3) is 14.3. The number of unbranched alkanes of at least 4 members (excludes halogenated alkanes) is 12. The fourth-order valence-corrected chi connectivity index (χ4v) is 6.23. The Morgan fingerprint density at radius 1 is 0.800 bits per heavy atom. The molecule has 1 aromatic heterocycles. The van der Waals surface area contributed by atoms with Gasteiger partial charge in [0.2, 0.25) is 3.79 Å². The standard InChI is InChI=1S/C24H40Cl5N2O3P/c1-3-5-7-9-11-13-15-17-33-35(32,34-18-16-14-12-10-8-6-4-2)31-22-20(25)19-30-23(21(22)26)24(27,28)29/h19H,3-18H2,1-2H3,(H,30,31,32). The lowest BCUT2D eigenvalue weighted by Gasteiger charge is -2.23. The van der Waals surface area contributed by atoms with Gasteiger partial charge >= 0.3 is 7.75 Å². The van der Waals surface area contributed by atoms with Crippen molar-refractivity contribution < 1.29 is 13.6 Å². The Kier molecular flexibility index (Phi) is 18.0. The maximum absolute atomic E-state index is 13.6. The van der Waals surface area contributed by atoms with Gasteiger partial charge in [-0.3, -0.25) is 19.1 Å². The molecule has 0 aliphatic rings. The van der Waals surface area contributed by atoms with Crippen molar-refractivity contribution in [3.63, 3.8) is 0 Å². The van der Waals surface area contributed by atoms with Crippen molar-refractivity contribution in [3.05, 3.63) is 21.9 Å². The van der Waals surface area contributed by atoms with E-state index in [1.165, 1.54) is 57.6 Å². The molecule has 11 heteroatoms. The summed E-state index contributed by atoms with van der Waals surface area (Å²) in [6.45, 7) is 4.96. The number of alkyl halides is 3. The van der Waals surface area contributed by atoms with Gasteiger partial charge in [-0.1, -0.05) is 149 Å². The fraction of sp³-hybridized carbons (Fsp3) is 0.792. The van der Waals surface area contributed by atoms with Gasteiger partial charge < -0.3 is 0 Å². The Balaban J connectivity index is 2.75. The Morgan fingerprint density at radius 2 is 1.23 bits per heavy atom. The van der Waals surface area contributed by atoms with E-state index >= 15 is 0 Å². The fourth-order valence-electron chi connectivity index (χ4n) is 3.49. The number of pyridine rings is 1. The summed E-state index contributed by atoms with van der Waals surface area (Å²) in [4.78, 5) is 4.00. The first-order valence-electron chi connectivity index (χ1n) is 12.7. The zero-order chi connectivity index (χ0) is 26.2. The van der Waals surface area contributed by atoms with Crippen molar-refractivity contribution in [1.29, 1.82) is 0 Å². The SMILES string of the molecule is CCCCCCCCCOP(=O)(Nc1c(Cl)cnc(C(Cl)(Cl)Cl)c1Cl)OCCCCCCCCC. The van der Waals surface area contributed by atoms with Gasteiger partial charge in [0.1, 0.15) is 5.69 Å². The van der Waals surface area contributed by atoms with Crippen LogP contribution in [-0.2, 0) is 17.4 Å². The highest BCUT2D eigenvalue weighted by atomic mass is 35.6. The second-order valence-electron chi connectivity index (χ2n) is 8.66. The largest absolute Gasteiger partial charge is 0.432 e. The lowest BCUT2D eigenvalue weighted by atomic mass is 10.1. The minimum absolute atomic E-state index is 0.0261. The summed E-state index contributed by atoms with van der Waals surface area (Å²) in [5.41, 5.74) is 0.0777. The summed E-state index contributed by atoms with van der Waals surface area (Å²) in [5.74, 6) is 0. The average molecular weight is 613 g/mol.